The molecule has 0 unspecified atom stereocenters. The van der Waals surface area contributed by atoms with Gasteiger partial charge >= 0.3 is 0 Å². The summed E-state index contributed by atoms with van der Waals surface area (Å²) in [5.74, 6) is 0.401. The Morgan fingerprint density at radius 3 is 2.33 bits per heavy atom. The second-order valence-electron chi connectivity index (χ2n) is 8.55. The summed E-state index contributed by atoms with van der Waals surface area (Å²) < 4.78 is 0. The summed E-state index contributed by atoms with van der Waals surface area (Å²) >= 11 is 13.8. The molecule has 0 aromatic heterocycles. The number of unbranched alkanes of at least 4 members (excludes halogenated alkanes) is 1. The van der Waals surface area contributed by atoms with Gasteiger partial charge in [-0.15, -0.1) is 11.8 Å². The highest BCUT2D eigenvalue weighted by molar-refractivity contribution is 7.99. The van der Waals surface area contributed by atoms with E-state index in [2.05, 4.69) is 12.2 Å². The predicted octanol–water partition coefficient (Wildman–Crippen LogP) is 7.03. The molecule has 2 amide bonds. The Kier molecular flexibility index (Phi) is 11.7. The van der Waals surface area contributed by atoms with E-state index in [1.807, 2.05) is 72.8 Å². The average molecular weight is 544 g/mol. The molecule has 190 valence electrons. The lowest BCUT2D eigenvalue weighted by atomic mass is 10.0. The molecule has 7 heteroatoms. The van der Waals surface area contributed by atoms with Gasteiger partial charge < -0.3 is 10.2 Å². The smallest absolute Gasteiger partial charge is 0.243 e. The zero-order valence-electron chi connectivity index (χ0n) is 20.5. The average Bonchev–Trinajstić information content (AvgIpc) is 2.88. The van der Waals surface area contributed by atoms with Crippen molar-refractivity contribution < 1.29 is 9.59 Å². The van der Waals surface area contributed by atoms with E-state index in [0.717, 1.165) is 28.9 Å². The van der Waals surface area contributed by atoms with E-state index in [0.29, 0.717) is 41.7 Å². The molecule has 0 bridgehead atoms. The van der Waals surface area contributed by atoms with Crippen LogP contribution in [0.5, 0.6) is 0 Å². The largest absolute Gasteiger partial charge is 0.354 e. The molecule has 3 rings (SSSR count). The highest BCUT2D eigenvalue weighted by atomic mass is 35.5. The molecule has 4 nitrogen and oxygen atoms in total. The number of hydrogen-bond acceptors (Lipinski definition) is 3. The minimum atomic E-state index is -0.628. The van der Waals surface area contributed by atoms with E-state index in [1.165, 1.54) is 0 Å². The molecule has 0 aliphatic heterocycles. The molecule has 0 heterocycles. The van der Waals surface area contributed by atoms with Gasteiger partial charge in [-0.1, -0.05) is 79.0 Å². The van der Waals surface area contributed by atoms with Gasteiger partial charge in [0.15, 0.2) is 0 Å². The second-order valence-corrected chi connectivity index (χ2v) is 10.6. The molecule has 0 aliphatic carbocycles. The molecular formula is C29H32Cl2N2O2S. The number of amides is 2. The van der Waals surface area contributed by atoms with Crippen molar-refractivity contribution in [1.29, 1.82) is 0 Å². The molecule has 1 atom stereocenters. The molecule has 1 N–H and O–H groups in total. The van der Waals surface area contributed by atoms with Gasteiger partial charge in [-0.3, -0.25) is 9.59 Å². The van der Waals surface area contributed by atoms with Crippen LogP contribution in [-0.4, -0.2) is 35.1 Å². The topological polar surface area (TPSA) is 49.4 Å². The fraction of sp³-hybridized carbons (Fsp3) is 0.310. The first kappa shape index (κ1) is 28.1. The van der Waals surface area contributed by atoms with E-state index in [4.69, 9.17) is 23.2 Å². The van der Waals surface area contributed by atoms with Crippen LogP contribution in [0, 0.1) is 0 Å². The number of thioether (sulfide) groups is 1. The normalized spacial score (nSPS) is 11.6. The fourth-order valence-corrected chi connectivity index (χ4v) is 5.00. The number of benzene rings is 3. The van der Waals surface area contributed by atoms with Crippen molar-refractivity contribution in [2.24, 2.45) is 0 Å². The molecule has 3 aromatic carbocycles. The molecule has 0 aliphatic rings. The van der Waals surface area contributed by atoms with Gasteiger partial charge in [-0.2, -0.15) is 0 Å². The van der Waals surface area contributed by atoms with Gasteiger partial charge in [0, 0.05) is 46.6 Å². The Labute approximate surface area is 228 Å². The van der Waals surface area contributed by atoms with Crippen molar-refractivity contribution in [3.05, 3.63) is 100 Å². The van der Waals surface area contributed by atoms with Gasteiger partial charge in [0.25, 0.3) is 0 Å². The fourth-order valence-electron chi connectivity index (χ4n) is 3.82. The van der Waals surface area contributed by atoms with Gasteiger partial charge in [-0.25, -0.2) is 0 Å². The Morgan fingerprint density at radius 2 is 1.64 bits per heavy atom. The number of nitrogens with zero attached hydrogens (tertiary/aromatic N) is 1. The SMILES string of the molecule is CCCCNC(=O)[C@H](Cc1ccccc1)N(Cc1cccc(Cl)c1)C(=O)CCSc1ccc(Cl)cc1. The van der Waals surface area contributed by atoms with Crippen molar-refractivity contribution in [3.63, 3.8) is 0 Å². The lowest BCUT2D eigenvalue weighted by Gasteiger charge is -2.31. The Bertz CT molecular complexity index is 1110. The summed E-state index contributed by atoms with van der Waals surface area (Å²) in [5, 5.41) is 4.33. The summed E-state index contributed by atoms with van der Waals surface area (Å²) in [6.07, 6.45) is 2.62. The van der Waals surface area contributed by atoms with E-state index < -0.39 is 6.04 Å². The zero-order valence-corrected chi connectivity index (χ0v) is 22.8. The number of carbonyl (C=O) groups is 2. The lowest BCUT2D eigenvalue weighted by molar-refractivity contribution is -0.141. The Balaban J connectivity index is 1.82. The van der Waals surface area contributed by atoms with Crippen LogP contribution in [0.15, 0.2) is 83.8 Å². The van der Waals surface area contributed by atoms with Crippen LogP contribution in [0.25, 0.3) is 0 Å². The zero-order chi connectivity index (χ0) is 25.8. The maximum Gasteiger partial charge on any atom is 0.243 e. The maximum atomic E-state index is 13.6. The third-order valence-corrected chi connectivity index (χ3v) is 7.24. The highest BCUT2D eigenvalue weighted by Crippen LogP contribution is 2.23. The van der Waals surface area contributed by atoms with Crippen LogP contribution in [0.2, 0.25) is 10.0 Å². The highest BCUT2D eigenvalue weighted by Gasteiger charge is 2.30. The van der Waals surface area contributed by atoms with Crippen molar-refractivity contribution in [2.45, 2.75) is 50.1 Å². The summed E-state index contributed by atoms with van der Waals surface area (Å²) in [4.78, 5) is 29.8. The minimum Gasteiger partial charge on any atom is -0.354 e. The van der Waals surface area contributed by atoms with Gasteiger partial charge in [0.2, 0.25) is 11.8 Å². The van der Waals surface area contributed by atoms with Crippen molar-refractivity contribution in [1.82, 2.24) is 10.2 Å². The predicted molar refractivity (Wildman–Crippen MR) is 151 cm³/mol. The van der Waals surface area contributed by atoms with Crippen LogP contribution in [0.1, 0.15) is 37.3 Å². The van der Waals surface area contributed by atoms with Crippen molar-refractivity contribution >= 4 is 46.8 Å². The second kappa shape index (κ2) is 14.9. The standard InChI is InChI=1S/C29H32Cl2N2O2S/c1-2-3-17-32-29(35)27(20-22-8-5-4-6-9-22)33(21-23-10-7-11-25(31)19-23)28(34)16-18-36-26-14-12-24(30)13-15-26/h4-15,19,27H,2-3,16-18,20-21H2,1H3,(H,32,35)/t27-/m0/s1. The van der Waals surface area contributed by atoms with Crippen molar-refractivity contribution in [2.75, 3.05) is 12.3 Å². The molecule has 0 fully saturated rings. The van der Waals surface area contributed by atoms with E-state index >= 15 is 0 Å². The first-order chi connectivity index (χ1) is 17.5. The van der Waals surface area contributed by atoms with Crippen molar-refractivity contribution in [3.8, 4) is 0 Å². The summed E-state index contributed by atoms with van der Waals surface area (Å²) in [7, 11) is 0. The van der Waals surface area contributed by atoms with E-state index in [1.54, 1.807) is 22.7 Å². The third kappa shape index (κ3) is 9.20. The monoisotopic (exact) mass is 542 g/mol. The summed E-state index contributed by atoms with van der Waals surface area (Å²) in [6, 6.07) is 24.2. The number of carbonyl (C=O) groups excluding carboxylic acids is 2. The molecule has 3 aromatic rings. The van der Waals surface area contributed by atoms with E-state index in [9.17, 15) is 9.59 Å². The lowest BCUT2D eigenvalue weighted by Crippen LogP contribution is -2.50. The number of hydrogen-bond donors (Lipinski definition) is 1. The number of nitrogens with one attached hydrogen (secondary N) is 1. The maximum absolute atomic E-state index is 13.6. The first-order valence-corrected chi connectivity index (χ1v) is 13.9. The molecule has 0 spiro atoms. The number of rotatable bonds is 13. The summed E-state index contributed by atoms with van der Waals surface area (Å²) in [5.41, 5.74) is 1.90. The summed E-state index contributed by atoms with van der Waals surface area (Å²) in [6.45, 7) is 2.98. The molecule has 36 heavy (non-hydrogen) atoms. The van der Waals surface area contributed by atoms with Crippen LogP contribution in [0.4, 0.5) is 0 Å². The minimum absolute atomic E-state index is 0.0667. The molecule has 0 saturated carbocycles. The van der Waals surface area contributed by atoms with Crippen LogP contribution < -0.4 is 5.32 Å². The third-order valence-electron chi connectivity index (χ3n) is 5.74. The van der Waals surface area contributed by atoms with Gasteiger partial charge in [0.05, 0.1) is 0 Å². The molecular weight excluding hydrogens is 511 g/mol. The molecule has 0 radical (unpaired) electrons. The van der Waals surface area contributed by atoms with E-state index in [-0.39, 0.29) is 11.8 Å². The quantitative estimate of drug-likeness (QED) is 0.186. The number of halogens is 2. The van der Waals surface area contributed by atoms with Gasteiger partial charge in [0.1, 0.15) is 6.04 Å². The van der Waals surface area contributed by atoms with Crippen LogP contribution in [-0.2, 0) is 22.6 Å². The van der Waals surface area contributed by atoms with Crippen LogP contribution in [0.3, 0.4) is 0 Å². The van der Waals surface area contributed by atoms with Crippen LogP contribution >= 0.6 is 35.0 Å². The molecule has 0 saturated heterocycles. The first-order valence-electron chi connectivity index (χ1n) is 12.2. The van der Waals surface area contributed by atoms with Gasteiger partial charge in [-0.05, 0) is 53.9 Å². The Morgan fingerprint density at radius 1 is 0.917 bits per heavy atom. The Hall–Kier alpha value is -2.47.